The van der Waals surface area contributed by atoms with Crippen LogP contribution in [0.1, 0.15) is 41.4 Å². The van der Waals surface area contributed by atoms with Crippen LogP contribution in [0.4, 0.5) is 5.95 Å². The fourth-order valence-electron chi connectivity index (χ4n) is 4.21. The molecule has 0 unspecified atom stereocenters. The number of rotatable bonds is 6. The molecule has 1 saturated heterocycles. The molecule has 0 saturated carbocycles. The minimum Gasteiger partial charge on any atom is -0.496 e. The van der Waals surface area contributed by atoms with Gasteiger partial charge in [-0.3, -0.25) is 4.79 Å². The fraction of sp³-hybridized carbons (Fsp3) is 0.417. The third kappa shape index (κ3) is 4.30. The van der Waals surface area contributed by atoms with Crippen LogP contribution < -0.4 is 9.64 Å². The van der Waals surface area contributed by atoms with Crippen LogP contribution in [0, 0.1) is 13.8 Å². The van der Waals surface area contributed by atoms with Gasteiger partial charge in [0.1, 0.15) is 5.75 Å². The molecule has 0 radical (unpaired) electrons. The highest BCUT2D eigenvalue weighted by molar-refractivity contribution is 5.80. The zero-order chi connectivity index (χ0) is 22.8. The number of aryl methyl sites for hydroxylation is 2. The monoisotopic (exact) mass is 435 g/mol. The van der Waals surface area contributed by atoms with E-state index in [1.165, 1.54) is 0 Å². The van der Waals surface area contributed by atoms with E-state index < -0.39 is 0 Å². The predicted molar refractivity (Wildman–Crippen MR) is 122 cm³/mol. The molecule has 32 heavy (non-hydrogen) atoms. The maximum atomic E-state index is 13.3. The molecule has 3 heterocycles. The summed E-state index contributed by atoms with van der Waals surface area (Å²) in [7, 11) is 5.46. The number of likely N-dealkylation sites (tertiary alicyclic amines) is 1. The number of nitrogens with zero attached hydrogens (tertiary/aromatic N) is 5. The summed E-state index contributed by atoms with van der Waals surface area (Å²) in [5.41, 5.74) is 4.36. The Labute approximate surface area is 188 Å². The summed E-state index contributed by atoms with van der Waals surface area (Å²) >= 11 is 0. The molecule has 1 aliphatic heterocycles. The van der Waals surface area contributed by atoms with Gasteiger partial charge in [0.25, 0.3) is 0 Å². The number of methoxy groups -OCH3 is 1. The highest BCUT2D eigenvalue weighted by atomic mass is 16.5. The molecule has 1 aromatic carbocycles. The number of carbonyl (C=O) groups is 1. The van der Waals surface area contributed by atoms with Crippen molar-refractivity contribution in [1.82, 2.24) is 20.0 Å². The normalized spacial score (nSPS) is 15.8. The Bertz CT molecular complexity index is 1120. The van der Waals surface area contributed by atoms with Gasteiger partial charge in [-0.1, -0.05) is 17.3 Å². The lowest BCUT2D eigenvalue weighted by atomic mass is 10.0. The topological polar surface area (TPSA) is 84.6 Å². The number of ether oxygens (including phenoxy) is 1. The molecule has 0 bridgehead atoms. The van der Waals surface area contributed by atoms with E-state index in [4.69, 9.17) is 14.2 Å². The van der Waals surface area contributed by atoms with Gasteiger partial charge in [-0.05, 0) is 43.9 Å². The lowest BCUT2D eigenvalue weighted by Crippen LogP contribution is -2.33. The lowest BCUT2D eigenvalue weighted by Gasteiger charge is -2.26. The van der Waals surface area contributed by atoms with Crippen LogP contribution in [0.15, 0.2) is 35.0 Å². The van der Waals surface area contributed by atoms with Crippen molar-refractivity contribution in [3.8, 4) is 17.1 Å². The Morgan fingerprint density at radius 1 is 1.28 bits per heavy atom. The summed E-state index contributed by atoms with van der Waals surface area (Å²) in [6.07, 6.45) is 3.88. The lowest BCUT2D eigenvalue weighted by molar-refractivity contribution is -0.131. The maximum Gasteiger partial charge on any atom is 0.227 e. The molecular formula is C24H29N5O3. The number of aromatic nitrogens is 3. The van der Waals surface area contributed by atoms with Crippen LogP contribution in [0.3, 0.4) is 0 Å². The first-order valence-corrected chi connectivity index (χ1v) is 10.8. The van der Waals surface area contributed by atoms with Crippen molar-refractivity contribution in [3.05, 3.63) is 53.0 Å². The van der Waals surface area contributed by atoms with E-state index in [9.17, 15) is 4.79 Å². The highest BCUT2D eigenvalue weighted by Crippen LogP contribution is 2.37. The Hall–Kier alpha value is -3.42. The van der Waals surface area contributed by atoms with Gasteiger partial charge < -0.3 is 19.1 Å². The third-order valence-corrected chi connectivity index (χ3v) is 5.80. The number of anilines is 1. The number of carbonyl (C=O) groups excluding carboxylic acids is 1. The predicted octanol–water partition coefficient (Wildman–Crippen LogP) is 3.73. The third-order valence-electron chi connectivity index (χ3n) is 5.80. The first kappa shape index (κ1) is 21.8. The SMILES string of the molecule is COc1ccc(CC(=O)N2CCC[C@H]2c2nc(N(C)C)ncc2-c2cc(C)no2)cc1C. The van der Waals surface area contributed by atoms with Crippen molar-refractivity contribution in [1.29, 1.82) is 0 Å². The Balaban J connectivity index is 1.65. The largest absolute Gasteiger partial charge is 0.496 e. The molecule has 168 valence electrons. The van der Waals surface area contributed by atoms with Gasteiger partial charge in [0.2, 0.25) is 11.9 Å². The van der Waals surface area contributed by atoms with Crippen LogP contribution in [0.5, 0.6) is 5.75 Å². The summed E-state index contributed by atoms with van der Waals surface area (Å²) in [6.45, 7) is 4.57. The summed E-state index contributed by atoms with van der Waals surface area (Å²) in [4.78, 5) is 26.4. The van der Waals surface area contributed by atoms with Gasteiger partial charge in [-0.2, -0.15) is 0 Å². The molecule has 0 aliphatic carbocycles. The van der Waals surface area contributed by atoms with Gasteiger partial charge in [0.15, 0.2) is 5.76 Å². The van der Waals surface area contributed by atoms with E-state index in [1.807, 2.05) is 62.0 Å². The Morgan fingerprint density at radius 3 is 2.75 bits per heavy atom. The number of hydrogen-bond acceptors (Lipinski definition) is 7. The van der Waals surface area contributed by atoms with Gasteiger partial charge in [0, 0.05) is 32.9 Å². The summed E-state index contributed by atoms with van der Waals surface area (Å²) in [5, 5.41) is 4.02. The molecule has 0 spiro atoms. The Morgan fingerprint density at radius 2 is 2.09 bits per heavy atom. The molecule has 1 amide bonds. The van der Waals surface area contributed by atoms with Crippen molar-refractivity contribution in [2.24, 2.45) is 0 Å². The van der Waals surface area contributed by atoms with Crippen LogP contribution in [-0.2, 0) is 11.2 Å². The molecule has 1 fully saturated rings. The zero-order valence-electron chi connectivity index (χ0n) is 19.3. The van der Waals surface area contributed by atoms with E-state index in [2.05, 4.69) is 10.1 Å². The number of hydrogen-bond donors (Lipinski definition) is 0. The number of benzene rings is 1. The first-order valence-electron chi connectivity index (χ1n) is 10.8. The van der Waals surface area contributed by atoms with E-state index in [-0.39, 0.29) is 11.9 Å². The second-order valence-electron chi connectivity index (χ2n) is 8.42. The molecular weight excluding hydrogens is 406 g/mol. The average molecular weight is 436 g/mol. The van der Waals surface area contributed by atoms with Crippen LogP contribution in [0.25, 0.3) is 11.3 Å². The van der Waals surface area contributed by atoms with Crippen molar-refractivity contribution in [2.45, 2.75) is 39.2 Å². The molecule has 2 aromatic heterocycles. The molecule has 8 nitrogen and oxygen atoms in total. The van der Waals surface area contributed by atoms with Crippen LogP contribution in [0.2, 0.25) is 0 Å². The van der Waals surface area contributed by atoms with E-state index in [0.29, 0.717) is 24.7 Å². The minimum absolute atomic E-state index is 0.0850. The summed E-state index contributed by atoms with van der Waals surface area (Å²) in [5.74, 6) is 2.13. The minimum atomic E-state index is -0.135. The molecule has 1 atom stereocenters. The van der Waals surface area contributed by atoms with Crippen molar-refractivity contribution in [2.75, 3.05) is 32.6 Å². The molecule has 3 aromatic rings. The molecule has 0 N–H and O–H groups in total. The van der Waals surface area contributed by atoms with Crippen molar-refractivity contribution >= 4 is 11.9 Å². The van der Waals surface area contributed by atoms with Gasteiger partial charge in [-0.15, -0.1) is 0 Å². The maximum absolute atomic E-state index is 13.3. The van der Waals surface area contributed by atoms with Gasteiger partial charge in [-0.25, -0.2) is 9.97 Å². The molecule has 4 rings (SSSR count). The van der Waals surface area contributed by atoms with Crippen LogP contribution in [-0.4, -0.2) is 53.7 Å². The first-order chi connectivity index (χ1) is 15.4. The second-order valence-corrected chi connectivity index (χ2v) is 8.42. The van der Waals surface area contributed by atoms with E-state index in [0.717, 1.165) is 46.7 Å². The molecule has 8 heteroatoms. The average Bonchev–Trinajstić information content (AvgIpc) is 3.42. The van der Waals surface area contributed by atoms with Gasteiger partial charge in [0.05, 0.1) is 36.5 Å². The van der Waals surface area contributed by atoms with E-state index in [1.54, 1.807) is 13.3 Å². The zero-order valence-corrected chi connectivity index (χ0v) is 19.3. The molecule has 1 aliphatic rings. The van der Waals surface area contributed by atoms with Crippen molar-refractivity contribution in [3.63, 3.8) is 0 Å². The summed E-state index contributed by atoms with van der Waals surface area (Å²) in [6, 6.07) is 7.62. The Kier molecular flexibility index (Phi) is 6.12. The standard InChI is InChI=1S/C24H29N5O3/c1-15-11-17(8-9-20(15)31-5)13-22(30)29-10-6-7-19(29)23-18(21-12-16(2)27-32-21)14-25-24(26-23)28(3)4/h8-9,11-12,14,19H,6-7,10,13H2,1-5H3/t19-/m0/s1. The fourth-order valence-corrected chi connectivity index (χ4v) is 4.21. The van der Waals surface area contributed by atoms with E-state index >= 15 is 0 Å². The second kappa shape index (κ2) is 8.98. The number of amides is 1. The quantitative estimate of drug-likeness (QED) is 0.583. The summed E-state index contributed by atoms with van der Waals surface area (Å²) < 4.78 is 10.9. The van der Waals surface area contributed by atoms with Crippen molar-refractivity contribution < 1.29 is 14.1 Å². The smallest absolute Gasteiger partial charge is 0.227 e. The highest BCUT2D eigenvalue weighted by Gasteiger charge is 2.34. The van der Waals surface area contributed by atoms with Gasteiger partial charge >= 0.3 is 0 Å². The van der Waals surface area contributed by atoms with Crippen LogP contribution >= 0.6 is 0 Å².